The summed E-state index contributed by atoms with van der Waals surface area (Å²) in [5.74, 6) is 0.175. The van der Waals surface area contributed by atoms with Crippen LogP contribution in [0.2, 0.25) is 0 Å². The summed E-state index contributed by atoms with van der Waals surface area (Å²) in [6.07, 6.45) is -3.42. The van der Waals surface area contributed by atoms with Crippen LogP contribution in [0.15, 0.2) is 48.5 Å². The van der Waals surface area contributed by atoms with Crippen molar-refractivity contribution >= 4 is 11.4 Å². The van der Waals surface area contributed by atoms with Gasteiger partial charge in [0, 0.05) is 18.3 Å². The Labute approximate surface area is 154 Å². The Morgan fingerprint density at radius 2 is 1.89 bits per heavy atom. The molecule has 0 spiro atoms. The summed E-state index contributed by atoms with van der Waals surface area (Å²) in [5, 5.41) is 20.6. The molecule has 1 saturated heterocycles. The monoisotopic (exact) mass is 380 g/mol. The number of aliphatic hydroxyl groups excluding tert-OH is 1. The first-order chi connectivity index (χ1) is 12.8. The minimum atomic E-state index is -4.82. The quantitative estimate of drug-likeness (QED) is 0.628. The zero-order chi connectivity index (χ0) is 19.6. The van der Waals surface area contributed by atoms with Crippen LogP contribution >= 0.6 is 0 Å². The van der Waals surface area contributed by atoms with Crippen molar-refractivity contribution in [2.24, 2.45) is 5.92 Å². The number of nitro benzene ring substituents is 1. The van der Waals surface area contributed by atoms with E-state index in [2.05, 4.69) is 0 Å². The minimum Gasteiger partial charge on any atom is -0.394 e. The molecule has 0 bridgehead atoms. The molecule has 1 fully saturated rings. The van der Waals surface area contributed by atoms with Crippen molar-refractivity contribution in [1.29, 1.82) is 0 Å². The first-order valence-corrected chi connectivity index (χ1v) is 8.56. The van der Waals surface area contributed by atoms with Crippen LogP contribution in [-0.2, 0) is 12.6 Å². The van der Waals surface area contributed by atoms with Crippen LogP contribution in [0.1, 0.15) is 17.5 Å². The molecule has 0 saturated carbocycles. The molecule has 1 heterocycles. The predicted octanol–water partition coefficient (Wildman–Crippen LogP) is 4.04. The van der Waals surface area contributed by atoms with E-state index in [0.717, 1.165) is 24.1 Å². The maximum atomic E-state index is 13.2. The molecule has 0 aliphatic carbocycles. The number of hydrogen-bond donors (Lipinski definition) is 1. The molecular weight excluding hydrogens is 361 g/mol. The number of nitro groups is 1. The number of alkyl halides is 3. The van der Waals surface area contributed by atoms with E-state index in [1.165, 1.54) is 6.07 Å². The average molecular weight is 380 g/mol. The summed E-state index contributed by atoms with van der Waals surface area (Å²) in [6.45, 7) is 0.291. The Morgan fingerprint density at radius 1 is 1.19 bits per heavy atom. The van der Waals surface area contributed by atoms with Crippen LogP contribution in [-0.4, -0.2) is 29.2 Å². The molecule has 2 atom stereocenters. The summed E-state index contributed by atoms with van der Waals surface area (Å²) in [7, 11) is 0. The first kappa shape index (κ1) is 19.2. The van der Waals surface area contributed by atoms with Crippen molar-refractivity contribution in [1.82, 2.24) is 0 Å². The molecule has 1 N–H and O–H groups in total. The third kappa shape index (κ3) is 4.21. The number of nitrogens with zero attached hydrogens (tertiary/aromatic N) is 2. The third-order valence-electron chi connectivity index (χ3n) is 4.89. The summed E-state index contributed by atoms with van der Waals surface area (Å²) < 4.78 is 39.7. The lowest BCUT2D eigenvalue weighted by atomic mass is 9.97. The highest BCUT2D eigenvalue weighted by molar-refractivity contribution is 5.58. The number of hydrogen-bond acceptors (Lipinski definition) is 4. The predicted molar refractivity (Wildman–Crippen MR) is 94.6 cm³/mol. The van der Waals surface area contributed by atoms with Gasteiger partial charge < -0.3 is 10.0 Å². The maximum Gasteiger partial charge on any atom is 0.423 e. The molecule has 1 aliphatic rings. The Balaban J connectivity index is 1.87. The normalized spacial score (nSPS) is 20.1. The Kier molecular flexibility index (Phi) is 5.36. The van der Waals surface area contributed by atoms with Gasteiger partial charge in [0.25, 0.3) is 5.69 Å². The summed E-state index contributed by atoms with van der Waals surface area (Å²) in [6, 6.07) is 12.4. The molecule has 2 aromatic carbocycles. The van der Waals surface area contributed by atoms with Gasteiger partial charge in [-0.2, -0.15) is 13.2 Å². The molecule has 0 aromatic heterocycles. The van der Waals surface area contributed by atoms with Gasteiger partial charge in [0.15, 0.2) is 0 Å². The smallest absolute Gasteiger partial charge is 0.394 e. The molecular formula is C19H19F3N2O3. The highest BCUT2D eigenvalue weighted by Gasteiger charge is 2.40. The zero-order valence-electron chi connectivity index (χ0n) is 14.4. The Morgan fingerprint density at radius 3 is 2.48 bits per heavy atom. The van der Waals surface area contributed by atoms with E-state index >= 15 is 0 Å². The highest BCUT2D eigenvalue weighted by Crippen LogP contribution is 2.40. The summed E-state index contributed by atoms with van der Waals surface area (Å²) in [5.41, 5.74) is -0.872. The molecule has 5 nitrogen and oxygen atoms in total. The van der Waals surface area contributed by atoms with Gasteiger partial charge in [0.1, 0.15) is 5.56 Å². The van der Waals surface area contributed by atoms with Gasteiger partial charge >= 0.3 is 6.18 Å². The van der Waals surface area contributed by atoms with E-state index in [9.17, 15) is 28.4 Å². The zero-order valence-corrected chi connectivity index (χ0v) is 14.4. The fourth-order valence-corrected chi connectivity index (χ4v) is 3.69. The van der Waals surface area contributed by atoms with Crippen LogP contribution in [0.4, 0.5) is 24.5 Å². The van der Waals surface area contributed by atoms with Gasteiger partial charge in [-0.3, -0.25) is 10.1 Å². The first-order valence-electron chi connectivity index (χ1n) is 8.56. The van der Waals surface area contributed by atoms with E-state index in [0.29, 0.717) is 13.0 Å². The van der Waals surface area contributed by atoms with Crippen molar-refractivity contribution in [3.05, 3.63) is 69.8 Å². The molecule has 27 heavy (non-hydrogen) atoms. The van der Waals surface area contributed by atoms with E-state index in [-0.39, 0.29) is 24.3 Å². The molecule has 0 unspecified atom stereocenters. The van der Waals surface area contributed by atoms with Crippen molar-refractivity contribution in [2.75, 3.05) is 18.1 Å². The van der Waals surface area contributed by atoms with Crippen LogP contribution in [0, 0.1) is 16.0 Å². The number of halogens is 3. The van der Waals surface area contributed by atoms with Gasteiger partial charge in [-0.05, 0) is 36.5 Å². The van der Waals surface area contributed by atoms with E-state index < -0.39 is 22.4 Å². The van der Waals surface area contributed by atoms with Gasteiger partial charge in [0.2, 0.25) is 0 Å². The van der Waals surface area contributed by atoms with Crippen molar-refractivity contribution in [3.63, 3.8) is 0 Å². The van der Waals surface area contributed by atoms with Gasteiger partial charge in [-0.1, -0.05) is 30.3 Å². The number of benzene rings is 2. The molecule has 1 aliphatic heterocycles. The highest BCUT2D eigenvalue weighted by atomic mass is 19.4. The van der Waals surface area contributed by atoms with Crippen molar-refractivity contribution in [3.8, 4) is 0 Å². The van der Waals surface area contributed by atoms with Crippen LogP contribution in [0.3, 0.4) is 0 Å². The van der Waals surface area contributed by atoms with Gasteiger partial charge in [-0.15, -0.1) is 0 Å². The standard InChI is InChI=1S/C19H19F3N2O3/c20-19(21,22)17-10-15(6-7-18(17)24(26)27)23-11-14(9-16(23)12-25)8-13-4-2-1-3-5-13/h1-7,10,14,16,25H,8-9,11-12H2/t14-,16+/m0/s1. The van der Waals surface area contributed by atoms with E-state index in [4.69, 9.17) is 0 Å². The number of anilines is 1. The fraction of sp³-hybridized carbons (Fsp3) is 0.368. The number of rotatable bonds is 5. The van der Waals surface area contributed by atoms with Crippen LogP contribution < -0.4 is 4.90 Å². The molecule has 8 heteroatoms. The molecule has 3 rings (SSSR count). The molecule has 2 aromatic rings. The van der Waals surface area contributed by atoms with Crippen molar-refractivity contribution in [2.45, 2.75) is 25.1 Å². The van der Waals surface area contributed by atoms with E-state index in [1.54, 1.807) is 4.90 Å². The van der Waals surface area contributed by atoms with Crippen LogP contribution in [0.25, 0.3) is 0 Å². The Hall–Kier alpha value is -2.61. The number of aliphatic hydroxyl groups is 1. The molecule has 0 radical (unpaired) electrons. The second-order valence-corrected chi connectivity index (χ2v) is 6.74. The van der Waals surface area contributed by atoms with Gasteiger partial charge in [0.05, 0.1) is 17.6 Å². The van der Waals surface area contributed by atoms with Crippen molar-refractivity contribution < 1.29 is 23.2 Å². The second-order valence-electron chi connectivity index (χ2n) is 6.74. The lowest BCUT2D eigenvalue weighted by Gasteiger charge is -2.26. The SMILES string of the molecule is O=[N+]([O-])c1ccc(N2C[C@@H](Cc3ccccc3)C[C@@H]2CO)cc1C(F)(F)F. The largest absolute Gasteiger partial charge is 0.423 e. The topological polar surface area (TPSA) is 66.6 Å². The maximum absolute atomic E-state index is 13.2. The van der Waals surface area contributed by atoms with Crippen LogP contribution in [0.5, 0.6) is 0 Å². The average Bonchev–Trinajstić information content (AvgIpc) is 3.04. The third-order valence-corrected chi connectivity index (χ3v) is 4.89. The lowest BCUT2D eigenvalue weighted by molar-refractivity contribution is -0.388. The minimum absolute atomic E-state index is 0.175. The fourth-order valence-electron chi connectivity index (χ4n) is 3.69. The van der Waals surface area contributed by atoms with E-state index in [1.807, 2.05) is 30.3 Å². The summed E-state index contributed by atoms with van der Waals surface area (Å²) in [4.78, 5) is 11.6. The Bertz CT molecular complexity index is 812. The molecule has 0 amide bonds. The van der Waals surface area contributed by atoms with Gasteiger partial charge in [-0.25, -0.2) is 0 Å². The lowest BCUT2D eigenvalue weighted by Crippen LogP contribution is -2.32. The molecule has 144 valence electrons. The summed E-state index contributed by atoms with van der Waals surface area (Å²) >= 11 is 0. The second kappa shape index (κ2) is 7.56.